The van der Waals surface area contributed by atoms with Crippen molar-refractivity contribution in [3.05, 3.63) is 120 Å². The van der Waals surface area contributed by atoms with E-state index in [0.29, 0.717) is 23.2 Å². The van der Waals surface area contributed by atoms with E-state index in [9.17, 15) is 9.18 Å². The average Bonchev–Trinajstić information content (AvgIpc) is 3.44. The second-order valence-corrected chi connectivity index (χ2v) is 8.18. The Bertz CT molecular complexity index is 1330. The van der Waals surface area contributed by atoms with Crippen molar-refractivity contribution in [1.82, 2.24) is 9.78 Å². The molecule has 0 spiro atoms. The highest BCUT2D eigenvalue weighted by Crippen LogP contribution is 2.26. The largest absolute Gasteiger partial charge is 0.493 e. The fraction of sp³-hybridized carbons (Fsp3) is 0.167. The van der Waals surface area contributed by atoms with Crippen LogP contribution in [0.15, 0.2) is 102 Å². The molecule has 0 aliphatic rings. The molecule has 3 rings (SSSR count). The molecule has 0 bridgehead atoms. The molecule has 5 nitrogen and oxygen atoms in total. The maximum absolute atomic E-state index is 14.9. The molecule has 0 amide bonds. The summed E-state index contributed by atoms with van der Waals surface area (Å²) in [5, 5.41) is 4.13. The number of carbonyl (C=O) groups excluding carboxylic acids is 1. The molecule has 1 heterocycles. The van der Waals surface area contributed by atoms with Crippen molar-refractivity contribution in [1.29, 1.82) is 0 Å². The summed E-state index contributed by atoms with van der Waals surface area (Å²) >= 11 is 0. The monoisotopic (exact) mass is 483 g/mol. The van der Waals surface area contributed by atoms with E-state index in [2.05, 4.69) is 23.2 Å². The fourth-order valence-corrected chi connectivity index (χ4v) is 3.73. The van der Waals surface area contributed by atoms with Gasteiger partial charge in [-0.05, 0) is 52.6 Å². The van der Waals surface area contributed by atoms with Crippen molar-refractivity contribution in [3.8, 4) is 5.69 Å². The van der Waals surface area contributed by atoms with Crippen LogP contribution in [-0.2, 0) is 9.53 Å². The summed E-state index contributed by atoms with van der Waals surface area (Å²) in [7, 11) is 3.10. The fourth-order valence-electron chi connectivity index (χ4n) is 3.73. The number of aromatic nitrogens is 2. The lowest BCUT2D eigenvalue weighted by molar-refractivity contribution is -0.114. The number of ether oxygens (including phenoxy) is 1. The molecule has 1 atom stereocenters. The van der Waals surface area contributed by atoms with Crippen molar-refractivity contribution in [2.24, 2.45) is 4.99 Å². The minimum absolute atomic E-state index is 0.0993. The molecule has 184 valence electrons. The van der Waals surface area contributed by atoms with E-state index in [-0.39, 0.29) is 17.1 Å². The van der Waals surface area contributed by atoms with Crippen LogP contribution in [0.2, 0.25) is 0 Å². The minimum Gasteiger partial charge on any atom is -0.493 e. The molecule has 6 heteroatoms. The molecule has 3 aromatic rings. The summed E-state index contributed by atoms with van der Waals surface area (Å²) in [6, 6.07) is 14.4. The van der Waals surface area contributed by atoms with Gasteiger partial charge in [0.1, 0.15) is 5.82 Å². The molecular weight excluding hydrogens is 453 g/mol. The van der Waals surface area contributed by atoms with Crippen molar-refractivity contribution < 1.29 is 13.9 Å². The van der Waals surface area contributed by atoms with Crippen LogP contribution in [0.1, 0.15) is 36.0 Å². The van der Waals surface area contributed by atoms with E-state index in [1.54, 1.807) is 60.7 Å². The van der Waals surface area contributed by atoms with Gasteiger partial charge < -0.3 is 9.73 Å². The van der Waals surface area contributed by atoms with Gasteiger partial charge in [-0.2, -0.15) is 5.10 Å². The second-order valence-electron chi connectivity index (χ2n) is 8.18. The van der Waals surface area contributed by atoms with Gasteiger partial charge in [-0.3, -0.25) is 4.79 Å². The molecule has 0 N–H and O–H groups in total. The molecule has 0 radical (unpaired) electrons. The van der Waals surface area contributed by atoms with E-state index in [1.807, 2.05) is 37.3 Å². The van der Waals surface area contributed by atoms with Gasteiger partial charge in [-0.1, -0.05) is 56.5 Å². The maximum atomic E-state index is 14.9. The summed E-state index contributed by atoms with van der Waals surface area (Å²) in [6.07, 6.45) is 10.8. The first-order valence-corrected chi connectivity index (χ1v) is 11.5. The first-order chi connectivity index (χ1) is 17.4. The van der Waals surface area contributed by atoms with Crippen LogP contribution in [0.5, 0.6) is 0 Å². The summed E-state index contributed by atoms with van der Waals surface area (Å²) in [5.74, 6) is -1.08. The number of allylic oxidation sites excluding steroid dienone is 3. The van der Waals surface area contributed by atoms with Gasteiger partial charge in [0, 0.05) is 43.6 Å². The number of aliphatic imine (C=N–C) groups is 1. The van der Waals surface area contributed by atoms with Gasteiger partial charge in [0.15, 0.2) is 5.76 Å². The topological polar surface area (TPSA) is 56.5 Å². The molecule has 36 heavy (non-hydrogen) atoms. The van der Waals surface area contributed by atoms with Crippen LogP contribution in [0.25, 0.3) is 17.8 Å². The Morgan fingerprint density at radius 2 is 2.00 bits per heavy atom. The van der Waals surface area contributed by atoms with E-state index in [1.165, 1.54) is 13.2 Å². The zero-order valence-corrected chi connectivity index (χ0v) is 20.8. The van der Waals surface area contributed by atoms with Crippen LogP contribution >= 0.6 is 0 Å². The standard InChI is InChI=1S/C30H30FN3O2/c1-6-23-9-7-10-24(18-23)19-25(13-15-32-4)22(3)30(35)29(36-5)17-21(2)27-12-11-26(20-28(27)31)34-16-8-14-33-34/h6-12,14-21H,1,3,13H2,2,4-5H3/b25-19-,29-17+,32-15?. The predicted octanol–water partition coefficient (Wildman–Crippen LogP) is 6.59. The van der Waals surface area contributed by atoms with Crippen LogP contribution < -0.4 is 0 Å². The van der Waals surface area contributed by atoms with E-state index in [0.717, 1.165) is 11.1 Å². The van der Waals surface area contributed by atoms with Crippen LogP contribution in [0.3, 0.4) is 0 Å². The number of benzene rings is 2. The van der Waals surface area contributed by atoms with Crippen LogP contribution in [0.4, 0.5) is 4.39 Å². The highest BCUT2D eigenvalue weighted by molar-refractivity contribution is 6.10. The normalized spacial score (nSPS) is 13.0. The number of rotatable bonds is 11. The van der Waals surface area contributed by atoms with Crippen molar-refractivity contribution in [2.45, 2.75) is 19.3 Å². The molecule has 0 fully saturated rings. The molecule has 0 aliphatic heterocycles. The van der Waals surface area contributed by atoms with Gasteiger partial charge in [-0.25, -0.2) is 9.07 Å². The lowest BCUT2D eigenvalue weighted by Crippen LogP contribution is -2.11. The predicted molar refractivity (Wildman–Crippen MR) is 145 cm³/mol. The first-order valence-electron chi connectivity index (χ1n) is 11.5. The third-order valence-electron chi connectivity index (χ3n) is 5.73. The molecule has 2 aromatic carbocycles. The zero-order valence-electron chi connectivity index (χ0n) is 20.8. The number of methoxy groups -OCH3 is 1. The highest BCUT2D eigenvalue weighted by atomic mass is 19.1. The highest BCUT2D eigenvalue weighted by Gasteiger charge is 2.20. The molecule has 0 aliphatic carbocycles. The number of ketones is 1. The summed E-state index contributed by atoms with van der Waals surface area (Å²) in [6.45, 7) is 9.66. The smallest absolute Gasteiger partial charge is 0.226 e. The first kappa shape index (κ1) is 26.3. The van der Waals surface area contributed by atoms with Gasteiger partial charge in [0.25, 0.3) is 0 Å². The summed E-state index contributed by atoms with van der Waals surface area (Å²) < 4.78 is 21.9. The lowest BCUT2D eigenvalue weighted by Gasteiger charge is -2.14. The molecule has 1 aromatic heterocycles. The van der Waals surface area contributed by atoms with Gasteiger partial charge in [0.05, 0.1) is 12.8 Å². The number of halogens is 1. The Labute approximate surface area is 211 Å². The zero-order chi connectivity index (χ0) is 26.1. The summed E-state index contributed by atoms with van der Waals surface area (Å²) in [4.78, 5) is 17.4. The molecule has 1 unspecified atom stereocenters. The Hall–Kier alpha value is -4.32. The maximum Gasteiger partial charge on any atom is 0.226 e. The Morgan fingerprint density at radius 3 is 2.64 bits per heavy atom. The SMILES string of the molecule is C=Cc1cccc(/C=C(/CC=NC)C(=C)C(=O)/C(=C\C(C)c2ccc(-n3cccn3)cc2F)OC)c1. The third-order valence-corrected chi connectivity index (χ3v) is 5.73. The number of Topliss-reactive ketones (excluding diaryl/α,β-unsaturated/α-hetero) is 1. The number of hydrogen-bond donors (Lipinski definition) is 0. The third kappa shape index (κ3) is 6.42. The van der Waals surface area contributed by atoms with Crippen LogP contribution in [-0.4, -0.2) is 35.9 Å². The summed E-state index contributed by atoms with van der Waals surface area (Å²) in [5.41, 5.74) is 3.93. The van der Waals surface area contributed by atoms with Crippen molar-refractivity contribution in [3.63, 3.8) is 0 Å². The minimum atomic E-state index is -0.419. The van der Waals surface area contributed by atoms with Crippen molar-refractivity contribution in [2.75, 3.05) is 14.2 Å². The Morgan fingerprint density at radius 1 is 1.22 bits per heavy atom. The van der Waals surface area contributed by atoms with E-state index in [4.69, 9.17) is 4.74 Å². The van der Waals surface area contributed by atoms with Crippen molar-refractivity contribution >= 4 is 24.1 Å². The average molecular weight is 484 g/mol. The number of carbonyl (C=O) groups is 1. The van der Waals surface area contributed by atoms with Crippen LogP contribution in [0, 0.1) is 5.82 Å². The Balaban J connectivity index is 1.88. The van der Waals surface area contributed by atoms with E-state index < -0.39 is 11.7 Å². The van der Waals surface area contributed by atoms with Gasteiger partial charge in [0.2, 0.25) is 5.78 Å². The van der Waals surface area contributed by atoms with E-state index >= 15 is 0 Å². The number of hydrogen-bond acceptors (Lipinski definition) is 4. The molecule has 0 saturated heterocycles. The lowest BCUT2D eigenvalue weighted by atomic mass is 9.94. The molecule has 0 saturated carbocycles. The second kappa shape index (κ2) is 12.4. The number of nitrogens with zero attached hydrogens (tertiary/aromatic N) is 3. The molecular formula is C30H30FN3O2. The van der Waals surface area contributed by atoms with Gasteiger partial charge >= 0.3 is 0 Å². The quantitative estimate of drug-likeness (QED) is 0.134. The van der Waals surface area contributed by atoms with Gasteiger partial charge in [-0.15, -0.1) is 0 Å². The Kier molecular flexibility index (Phi) is 9.06.